The van der Waals surface area contributed by atoms with Gasteiger partial charge in [-0.3, -0.25) is 0 Å². The summed E-state index contributed by atoms with van der Waals surface area (Å²) in [6, 6.07) is 6.60. The van der Waals surface area contributed by atoms with E-state index in [9.17, 15) is 4.39 Å². The van der Waals surface area contributed by atoms with Crippen LogP contribution in [0.25, 0.3) is 0 Å². The average molecular weight is 202 g/mol. The molecule has 0 saturated heterocycles. The molecule has 15 heavy (non-hydrogen) atoms. The molecule has 0 radical (unpaired) electrons. The van der Waals surface area contributed by atoms with Gasteiger partial charge in [0.1, 0.15) is 5.82 Å². The maximum absolute atomic E-state index is 13.4. The van der Waals surface area contributed by atoms with Crippen LogP contribution >= 0.6 is 0 Å². The maximum atomic E-state index is 13.4. The van der Waals surface area contributed by atoms with Crippen molar-refractivity contribution in [2.75, 3.05) is 6.54 Å². The Morgan fingerprint density at radius 1 is 1.40 bits per heavy atom. The van der Waals surface area contributed by atoms with E-state index in [1.165, 1.54) is 6.07 Å². The Morgan fingerprint density at radius 3 is 2.80 bits per heavy atom. The minimum atomic E-state index is -0.382. The average Bonchev–Trinajstić information content (AvgIpc) is 2.22. The monoisotopic (exact) mass is 202 g/mol. The zero-order valence-electron chi connectivity index (χ0n) is 8.26. The van der Waals surface area contributed by atoms with Gasteiger partial charge in [-0.25, -0.2) is 4.39 Å². The molecule has 0 fully saturated rings. The lowest BCUT2D eigenvalue weighted by Gasteiger charge is -1.97. The Labute approximate surface area is 88.5 Å². The topological polar surface area (TPSA) is 49.8 Å². The highest BCUT2D eigenvalue weighted by Gasteiger charge is 2.00. The van der Waals surface area contributed by atoms with Crippen molar-refractivity contribution < 1.29 is 4.39 Å². The number of nitrogens with zero attached hydrogens (tertiary/aromatic N) is 1. The first kappa shape index (κ1) is 11.2. The second-order valence-corrected chi connectivity index (χ2v) is 2.99. The van der Waals surface area contributed by atoms with Gasteiger partial charge in [0.25, 0.3) is 0 Å². The predicted octanol–water partition coefficient (Wildman–Crippen LogP) is 1.59. The van der Waals surface area contributed by atoms with Gasteiger partial charge in [0.2, 0.25) is 0 Å². The van der Waals surface area contributed by atoms with Gasteiger partial charge in [0, 0.05) is 13.0 Å². The summed E-state index contributed by atoms with van der Waals surface area (Å²) < 4.78 is 13.4. The van der Waals surface area contributed by atoms with Crippen LogP contribution in [0, 0.1) is 29.0 Å². The van der Waals surface area contributed by atoms with Gasteiger partial charge < -0.3 is 5.73 Å². The molecule has 0 atom stereocenters. The van der Waals surface area contributed by atoms with Gasteiger partial charge in [-0.05, 0) is 17.7 Å². The van der Waals surface area contributed by atoms with E-state index in [0.717, 1.165) is 0 Å². The largest absolute Gasteiger partial charge is 0.330 e. The molecule has 0 heterocycles. The molecule has 0 bridgehead atoms. The molecule has 3 heteroatoms. The second kappa shape index (κ2) is 5.80. The van der Waals surface area contributed by atoms with E-state index in [1.54, 1.807) is 12.1 Å². The molecular formula is C12H11FN2. The summed E-state index contributed by atoms with van der Waals surface area (Å²) in [7, 11) is 0. The van der Waals surface area contributed by atoms with Gasteiger partial charge in [-0.2, -0.15) is 5.26 Å². The highest BCUT2D eigenvalue weighted by Crippen LogP contribution is 2.09. The lowest BCUT2D eigenvalue weighted by Crippen LogP contribution is -1.95. The summed E-state index contributed by atoms with van der Waals surface area (Å²) >= 11 is 0. The fraction of sp³-hybridized carbons (Fsp3) is 0.250. The van der Waals surface area contributed by atoms with Crippen LogP contribution in [0.2, 0.25) is 0 Å². The summed E-state index contributed by atoms with van der Waals surface area (Å²) in [6.07, 6.45) is 0.771. The highest BCUT2D eigenvalue weighted by molar-refractivity contribution is 5.38. The second-order valence-electron chi connectivity index (χ2n) is 2.99. The summed E-state index contributed by atoms with van der Waals surface area (Å²) in [5.74, 6) is 5.08. The fourth-order valence-corrected chi connectivity index (χ4v) is 1.09. The van der Waals surface area contributed by atoms with Crippen LogP contribution in [-0.2, 0) is 6.42 Å². The minimum absolute atomic E-state index is 0.216. The molecule has 1 rings (SSSR count). The third-order valence-electron chi connectivity index (χ3n) is 1.81. The van der Waals surface area contributed by atoms with Crippen LogP contribution in [-0.4, -0.2) is 6.54 Å². The van der Waals surface area contributed by atoms with Crippen LogP contribution in [0.4, 0.5) is 4.39 Å². The van der Waals surface area contributed by atoms with Crippen molar-refractivity contribution in [2.24, 2.45) is 5.73 Å². The Bertz CT molecular complexity index is 435. The molecule has 0 saturated carbocycles. The first-order valence-electron chi connectivity index (χ1n) is 4.62. The molecule has 2 nitrogen and oxygen atoms in total. The molecule has 0 aliphatic rings. The predicted molar refractivity (Wildman–Crippen MR) is 56.3 cm³/mol. The Balaban J connectivity index is 2.86. The van der Waals surface area contributed by atoms with Crippen LogP contribution in [0.1, 0.15) is 17.5 Å². The molecule has 76 valence electrons. The van der Waals surface area contributed by atoms with Gasteiger partial charge in [-0.1, -0.05) is 17.9 Å². The Kier molecular flexibility index (Phi) is 4.34. The molecule has 2 N–H and O–H groups in total. The van der Waals surface area contributed by atoms with Gasteiger partial charge >= 0.3 is 0 Å². The molecule has 0 aliphatic carbocycles. The van der Waals surface area contributed by atoms with Gasteiger partial charge in [0.15, 0.2) is 0 Å². The lowest BCUT2D eigenvalue weighted by molar-refractivity contribution is 0.622. The van der Waals surface area contributed by atoms with Crippen LogP contribution in [0.3, 0.4) is 0 Å². The van der Waals surface area contributed by atoms with E-state index in [0.29, 0.717) is 24.1 Å². The molecule has 0 aromatic heterocycles. The van der Waals surface area contributed by atoms with E-state index >= 15 is 0 Å². The summed E-state index contributed by atoms with van der Waals surface area (Å²) in [5.41, 5.74) is 6.28. The summed E-state index contributed by atoms with van der Waals surface area (Å²) in [5, 5.41) is 8.44. The van der Waals surface area contributed by atoms with E-state index in [4.69, 9.17) is 11.0 Å². The minimum Gasteiger partial charge on any atom is -0.330 e. The lowest BCUT2D eigenvalue weighted by atomic mass is 10.1. The molecule has 0 amide bonds. The molecule has 0 unspecified atom stereocenters. The zero-order valence-corrected chi connectivity index (χ0v) is 8.26. The first-order valence-corrected chi connectivity index (χ1v) is 4.62. The van der Waals surface area contributed by atoms with E-state index in [1.807, 2.05) is 6.07 Å². The number of benzene rings is 1. The van der Waals surface area contributed by atoms with Crippen molar-refractivity contribution in [1.29, 1.82) is 5.26 Å². The highest BCUT2D eigenvalue weighted by atomic mass is 19.1. The summed E-state index contributed by atoms with van der Waals surface area (Å²) in [4.78, 5) is 0. The number of halogens is 1. The summed E-state index contributed by atoms with van der Waals surface area (Å²) in [6.45, 7) is 0.473. The van der Waals surface area contributed by atoms with Crippen molar-refractivity contribution >= 4 is 0 Å². The number of hydrogen-bond donors (Lipinski definition) is 1. The third-order valence-corrected chi connectivity index (χ3v) is 1.81. The van der Waals surface area contributed by atoms with Gasteiger partial charge in [0.05, 0.1) is 18.1 Å². The van der Waals surface area contributed by atoms with Crippen molar-refractivity contribution in [3.8, 4) is 17.9 Å². The SMILES string of the molecule is N#CCc1ccc(C#CCCN)c(F)c1. The van der Waals surface area contributed by atoms with Crippen LogP contribution in [0.15, 0.2) is 18.2 Å². The number of rotatable bonds is 2. The molecular weight excluding hydrogens is 191 g/mol. The molecule has 0 aliphatic heterocycles. The number of hydrogen-bond acceptors (Lipinski definition) is 2. The fourth-order valence-electron chi connectivity index (χ4n) is 1.09. The standard InChI is InChI=1S/C12H11FN2/c13-12-9-10(6-8-15)4-5-11(12)3-1-2-7-14/h4-5,9H,2,6-7,14H2. The quantitative estimate of drug-likeness (QED) is 0.740. The Morgan fingerprint density at radius 2 is 2.20 bits per heavy atom. The van der Waals surface area contributed by atoms with Crippen molar-refractivity contribution in [1.82, 2.24) is 0 Å². The van der Waals surface area contributed by atoms with Crippen LogP contribution < -0.4 is 5.73 Å². The van der Waals surface area contributed by atoms with Crippen molar-refractivity contribution in [2.45, 2.75) is 12.8 Å². The molecule has 1 aromatic rings. The number of nitriles is 1. The van der Waals surface area contributed by atoms with Gasteiger partial charge in [-0.15, -0.1) is 0 Å². The van der Waals surface area contributed by atoms with Crippen LogP contribution in [0.5, 0.6) is 0 Å². The van der Waals surface area contributed by atoms with E-state index in [2.05, 4.69) is 11.8 Å². The van der Waals surface area contributed by atoms with Crippen molar-refractivity contribution in [3.63, 3.8) is 0 Å². The first-order chi connectivity index (χ1) is 7.27. The molecule has 1 aromatic carbocycles. The third kappa shape index (κ3) is 3.42. The smallest absolute Gasteiger partial charge is 0.139 e. The zero-order chi connectivity index (χ0) is 11.1. The normalized spacial score (nSPS) is 8.87. The van der Waals surface area contributed by atoms with Crippen molar-refractivity contribution in [3.05, 3.63) is 35.1 Å². The molecule has 0 spiro atoms. The van der Waals surface area contributed by atoms with E-state index < -0.39 is 0 Å². The van der Waals surface area contributed by atoms with E-state index in [-0.39, 0.29) is 12.2 Å². The Hall–Kier alpha value is -1.84. The maximum Gasteiger partial charge on any atom is 0.139 e. The number of nitrogens with two attached hydrogens (primary N) is 1.